The predicted molar refractivity (Wildman–Crippen MR) is 91.9 cm³/mol. The Labute approximate surface area is 149 Å². The highest BCUT2D eigenvalue weighted by atomic mass is 35.5. The average molecular weight is 368 g/mol. The second kappa shape index (κ2) is 8.00. The van der Waals surface area contributed by atoms with Crippen molar-refractivity contribution < 1.29 is 14.3 Å². The van der Waals surface area contributed by atoms with Gasteiger partial charge in [0.25, 0.3) is 5.22 Å². The standard InChI is InChI=1S/C16H18ClN3O3S/c17-11-3-1-10(2-4-11)15-19-20-16(23-15)24-9-14(22)18-12-5-7-13(21)8-6-12/h1-4,12-13,21H,5-9H2,(H,18,22). The van der Waals surface area contributed by atoms with Gasteiger partial charge in [-0.3, -0.25) is 4.79 Å². The van der Waals surface area contributed by atoms with Gasteiger partial charge in [-0.15, -0.1) is 10.2 Å². The van der Waals surface area contributed by atoms with Crippen LogP contribution in [0.5, 0.6) is 0 Å². The highest BCUT2D eigenvalue weighted by molar-refractivity contribution is 7.99. The zero-order valence-corrected chi connectivity index (χ0v) is 14.5. The number of benzene rings is 1. The number of halogens is 1. The minimum absolute atomic E-state index is 0.0624. The van der Waals surface area contributed by atoms with Crippen LogP contribution >= 0.6 is 23.4 Å². The highest BCUT2D eigenvalue weighted by Gasteiger charge is 2.21. The van der Waals surface area contributed by atoms with Gasteiger partial charge in [-0.25, -0.2) is 0 Å². The molecule has 1 aromatic carbocycles. The van der Waals surface area contributed by atoms with Crippen LogP contribution in [0.15, 0.2) is 33.9 Å². The van der Waals surface area contributed by atoms with E-state index in [0.717, 1.165) is 31.2 Å². The Morgan fingerprint density at radius 2 is 1.96 bits per heavy atom. The maximum Gasteiger partial charge on any atom is 0.277 e. The van der Waals surface area contributed by atoms with E-state index in [0.29, 0.717) is 16.1 Å². The first-order valence-electron chi connectivity index (χ1n) is 7.80. The Kier molecular flexibility index (Phi) is 5.76. The number of nitrogens with zero attached hydrogens (tertiary/aromatic N) is 2. The molecule has 1 aromatic heterocycles. The van der Waals surface area contributed by atoms with Crippen molar-refractivity contribution >= 4 is 29.3 Å². The van der Waals surface area contributed by atoms with Crippen molar-refractivity contribution in [3.05, 3.63) is 29.3 Å². The molecule has 2 N–H and O–H groups in total. The molecule has 24 heavy (non-hydrogen) atoms. The van der Waals surface area contributed by atoms with Crippen molar-refractivity contribution in [2.24, 2.45) is 0 Å². The largest absolute Gasteiger partial charge is 0.411 e. The highest BCUT2D eigenvalue weighted by Crippen LogP contribution is 2.24. The smallest absolute Gasteiger partial charge is 0.277 e. The van der Waals surface area contributed by atoms with Crippen LogP contribution < -0.4 is 5.32 Å². The quantitative estimate of drug-likeness (QED) is 0.790. The van der Waals surface area contributed by atoms with Crippen LogP contribution in [0.2, 0.25) is 5.02 Å². The third-order valence-electron chi connectivity index (χ3n) is 3.89. The molecule has 1 aliphatic rings. The molecule has 8 heteroatoms. The Balaban J connectivity index is 1.48. The van der Waals surface area contributed by atoms with E-state index < -0.39 is 0 Å². The molecule has 0 bridgehead atoms. The Bertz CT molecular complexity index is 684. The van der Waals surface area contributed by atoms with E-state index in [1.165, 1.54) is 11.8 Å². The number of aliphatic hydroxyl groups excluding tert-OH is 1. The first kappa shape index (κ1) is 17.3. The van der Waals surface area contributed by atoms with Gasteiger partial charge in [-0.2, -0.15) is 0 Å². The lowest BCUT2D eigenvalue weighted by Crippen LogP contribution is -2.39. The SMILES string of the molecule is O=C(CSc1nnc(-c2ccc(Cl)cc2)o1)NC1CCC(O)CC1. The summed E-state index contributed by atoms with van der Waals surface area (Å²) in [5.41, 5.74) is 0.781. The first-order chi connectivity index (χ1) is 11.6. The molecule has 1 saturated carbocycles. The van der Waals surface area contributed by atoms with Gasteiger partial charge in [-0.1, -0.05) is 23.4 Å². The molecule has 1 amide bonds. The summed E-state index contributed by atoms with van der Waals surface area (Å²) in [4.78, 5) is 12.0. The zero-order valence-electron chi connectivity index (χ0n) is 12.9. The summed E-state index contributed by atoms with van der Waals surface area (Å²) in [5, 5.41) is 21.4. The van der Waals surface area contributed by atoms with Crippen LogP contribution in [0.4, 0.5) is 0 Å². The Morgan fingerprint density at radius 1 is 1.25 bits per heavy atom. The minimum atomic E-state index is -0.225. The fraction of sp³-hybridized carbons (Fsp3) is 0.438. The lowest BCUT2D eigenvalue weighted by molar-refractivity contribution is -0.119. The van der Waals surface area contributed by atoms with Gasteiger partial charge in [0.2, 0.25) is 11.8 Å². The topological polar surface area (TPSA) is 88.2 Å². The van der Waals surface area contributed by atoms with Crippen molar-refractivity contribution in [3.63, 3.8) is 0 Å². The van der Waals surface area contributed by atoms with Gasteiger partial charge in [0.05, 0.1) is 11.9 Å². The summed E-state index contributed by atoms with van der Waals surface area (Å²) in [6, 6.07) is 7.25. The molecule has 0 spiro atoms. The number of nitrogens with one attached hydrogen (secondary N) is 1. The van der Waals surface area contributed by atoms with E-state index in [4.69, 9.17) is 16.0 Å². The predicted octanol–water partition coefficient (Wildman–Crippen LogP) is 2.90. The van der Waals surface area contributed by atoms with Gasteiger partial charge < -0.3 is 14.8 Å². The third-order valence-corrected chi connectivity index (χ3v) is 4.96. The molecule has 128 valence electrons. The fourth-order valence-electron chi connectivity index (χ4n) is 2.59. The number of aromatic nitrogens is 2. The molecule has 2 aromatic rings. The number of hydrogen-bond donors (Lipinski definition) is 2. The maximum absolute atomic E-state index is 12.0. The number of rotatable bonds is 5. The molecule has 0 radical (unpaired) electrons. The molecule has 0 atom stereocenters. The van der Waals surface area contributed by atoms with Gasteiger partial charge in [-0.05, 0) is 49.9 Å². The lowest BCUT2D eigenvalue weighted by Gasteiger charge is -2.25. The molecule has 0 aliphatic heterocycles. The van der Waals surface area contributed by atoms with Crippen LogP contribution in [-0.2, 0) is 4.79 Å². The van der Waals surface area contributed by atoms with Gasteiger partial charge in [0.15, 0.2) is 0 Å². The molecule has 1 heterocycles. The van der Waals surface area contributed by atoms with Crippen molar-refractivity contribution in [2.45, 2.75) is 43.1 Å². The van der Waals surface area contributed by atoms with Gasteiger partial charge >= 0.3 is 0 Å². The molecular formula is C16H18ClN3O3S. The average Bonchev–Trinajstić information content (AvgIpc) is 3.05. The van der Waals surface area contributed by atoms with Crippen LogP contribution in [0, 0.1) is 0 Å². The number of aliphatic hydroxyl groups is 1. The summed E-state index contributed by atoms with van der Waals surface area (Å²) < 4.78 is 5.55. The molecule has 1 aliphatic carbocycles. The van der Waals surface area contributed by atoms with E-state index in [1.807, 2.05) is 0 Å². The fourth-order valence-corrected chi connectivity index (χ4v) is 3.29. The summed E-state index contributed by atoms with van der Waals surface area (Å²) in [6.07, 6.45) is 2.90. The number of hydrogen-bond acceptors (Lipinski definition) is 6. The molecule has 6 nitrogen and oxygen atoms in total. The number of carbonyl (C=O) groups excluding carboxylic acids is 1. The van der Waals surface area contributed by atoms with Crippen LogP contribution in [-0.4, -0.2) is 39.1 Å². The van der Waals surface area contributed by atoms with Crippen molar-refractivity contribution in [1.29, 1.82) is 0 Å². The summed E-state index contributed by atoms with van der Waals surface area (Å²) in [6.45, 7) is 0. The lowest BCUT2D eigenvalue weighted by atomic mass is 9.93. The number of amides is 1. The van der Waals surface area contributed by atoms with Gasteiger partial charge in [0.1, 0.15) is 0 Å². The second-order valence-corrected chi connectivity index (χ2v) is 7.10. The summed E-state index contributed by atoms with van der Waals surface area (Å²) in [5.74, 6) is 0.560. The molecule has 0 unspecified atom stereocenters. The summed E-state index contributed by atoms with van der Waals surface area (Å²) >= 11 is 7.06. The van der Waals surface area contributed by atoms with E-state index in [1.54, 1.807) is 24.3 Å². The van der Waals surface area contributed by atoms with Crippen LogP contribution in [0.1, 0.15) is 25.7 Å². The zero-order chi connectivity index (χ0) is 16.9. The number of thioether (sulfide) groups is 1. The van der Waals surface area contributed by atoms with Gasteiger partial charge in [0, 0.05) is 16.6 Å². The Hall–Kier alpha value is -1.57. The molecule has 3 rings (SSSR count). The normalized spacial score (nSPS) is 20.8. The molecule has 0 saturated heterocycles. The number of carbonyl (C=O) groups is 1. The van der Waals surface area contributed by atoms with Crippen LogP contribution in [0.25, 0.3) is 11.5 Å². The summed E-state index contributed by atoms with van der Waals surface area (Å²) in [7, 11) is 0. The van der Waals surface area contributed by atoms with E-state index in [2.05, 4.69) is 15.5 Å². The van der Waals surface area contributed by atoms with E-state index >= 15 is 0 Å². The molecular weight excluding hydrogens is 350 g/mol. The van der Waals surface area contributed by atoms with Crippen molar-refractivity contribution in [2.75, 3.05) is 5.75 Å². The molecule has 1 fully saturated rings. The van der Waals surface area contributed by atoms with E-state index in [-0.39, 0.29) is 23.8 Å². The first-order valence-corrected chi connectivity index (χ1v) is 9.16. The monoisotopic (exact) mass is 367 g/mol. The maximum atomic E-state index is 12.0. The van der Waals surface area contributed by atoms with Crippen LogP contribution in [0.3, 0.4) is 0 Å². The third kappa shape index (κ3) is 4.72. The van der Waals surface area contributed by atoms with E-state index in [9.17, 15) is 9.90 Å². The van der Waals surface area contributed by atoms with Crippen molar-refractivity contribution in [1.82, 2.24) is 15.5 Å². The minimum Gasteiger partial charge on any atom is -0.411 e. The van der Waals surface area contributed by atoms with Crippen molar-refractivity contribution in [3.8, 4) is 11.5 Å². The second-order valence-electron chi connectivity index (χ2n) is 5.74. The Morgan fingerprint density at radius 3 is 2.67 bits per heavy atom.